The molecule has 5 heteroatoms. The van der Waals surface area contributed by atoms with Crippen LogP contribution >= 0.6 is 0 Å². The molecule has 2 heterocycles. The normalized spacial score (nSPS) is 23.2. The minimum absolute atomic E-state index is 0.0168. The lowest BCUT2D eigenvalue weighted by Gasteiger charge is -2.35. The molecule has 0 aliphatic carbocycles. The molecule has 0 spiro atoms. The van der Waals surface area contributed by atoms with Gasteiger partial charge in [0.05, 0.1) is 6.61 Å². The van der Waals surface area contributed by atoms with Gasteiger partial charge in [0.25, 0.3) is 0 Å². The van der Waals surface area contributed by atoms with Gasteiger partial charge < -0.3 is 25.0 Å². The predicted octanol–water partition coefficient (Wildman–Crippen LogP) is 2.11. The molecule has 1 aromatic rings. The van der Waals surface area contributed by atoms with Crippen LogP contribution in [0.3, 0.4) is 0 Å². The number of nitrogen functional groups attached to an aromatic ring is 1. The van der Waals surface area contributed by atoms with Crippen LogP contribution in [0.4, 0.5) is 11.4 Å². The third-order valence-electron chi connectivity index (χ3n) is 4.76. The van der Waals surface area contributed by atoms with Crippen molar-refractivity contribution in [3.05, 3.63) is 23.8 Å². The smallest absolute Gasteiger partial charge is 0.157 e. The van der Waals surface area contributed by atoms with E-state index in [-0.39, 0.29) is 6.29 Å². The van der Waals surface area contributed by atoms with E-state index in [4.69, 9.17) is 15.2 Å². The van der Waals surface area contributed by atoms with Gasteiger partial charge in [0, 0.05) is 44.2 Å². The largest absolute Gasteiger partial charge is 0.399 e. The van der Waals surface area contributed by atoms with Gasteiger partial charge in [-0.15, -0.1) is 0 Å². The van der Waals surface area contributed by atoms with Crippen molar-refractivity contribution in [2.45, 2.75) is 32.0 Å². The molecule has 2 aliphatic rings. The zero-order chi connectivity index (χ0) is 16.1. The van der Waals surface area contributed by atoms with E-state index in [9.17, 15) is 0 Å². The van der Waals surface area contributed by atoms with Crippen LogP contribution in [0.2, 0.25) is 0 Å². The quantitative estimate of drug-likeness (QED) is 0.843. The van der Waals surface area contributed by atoms with Crippen molar-refractivity contribution in [1.29, 1.82) is 0 Å². The van der Waals surface area contributed by atoms with Gasteiger partial charge in [-0.25, -0.2) is 0 Å². The van der Waals surface area contributed by atoms with Crippen LogP contribution in [0.25, 0.3) is 0 Å². The van der Waals surface area contributed by atoms with Crippen LogP contribution in [0.15, 0.2) is 18.2 Å². The Balaban J connectivity index is 1.59. The highest BCUT2D eigenvalue weighted by Gasteiger charge is 2.18. The molecule has 0 bridgehead atoms. The Hall–Kier alpha value is -1.30. The molecule has 23 heavy (non-hydrogen) atoms. The molecule has 0 aromatic heterocycles. The Bertz CT molecular complexity index is 495. The first-order chi connectivity index (χ1) is 11.2. The van der Waals surface area contributed by atoms with Crippen molar-refractivity contribution in [2.24, 2.45) is 0 Å². The highest BCUT2D eigenvalue weighted by atomic mass is 16.7. The summed E-state index contributed by atoms with van der Waals surface area (Å²) in [5.41, 5.74) is 9.42. The predicted molar refractivity (Wildman–Crippen MR) is 93.8 cm³/mol. The molecule has 3 rings (SSSR count). The summed E-state index contributed by atoms with van der Waals surface area (Å²) in [6.07, 6.45) is 4.24. The topological polar surface area (TPSA) is 51.0 Å². The Morgan fingerprint density at radius 1 is 1.22 bits per heavy atom. The van der Waals surface area contributed by atoms with Crippen molar-refractivity contribution < 1.29 is 9.47 Å². The van der Waals surface area contributed by atoms with Crippen LogP contribution in [-0.4, -0.2) is 57.6 Å². The van der Waals surface area contributed by atoms with Gasteiger partial charge in [-0.1, -0.05) is 0 Å². The number of nitrogens with two attached hydrogens (primary N) is 1. The Labute approximate surface area is 139 Å². The lowest BCUT2D eigenvalue weighted by Crippen LogP contribution is -2.44. The molecule has 0 radical (unpaired) electrons. The number of anilines is 2. The van der Waals surface area contributed by atoms with Crippen LogP contribution in [-0.2, 0) is 15.9 Å². The summed E-state index contributed by atoms with van der Waals surface area (Å²) in [4.78, 5) is 4.84. The summed E-state index contributed by atoms with van der Waals surface area (Å²) in [6.45, 7) is 5.87. The standard InChI is InChI=1S/C18H29N3O2/c1-20-8-10-21(11-9-20)17-6-5-16(19)14-15(17)7-13-23-18-4-2-3-12-22-18/h5-6,14,18H,2-4,7-13,19H2,1H3. The van der Waals surface area contributed by atoms with Crippen LogP contribution < -0.4 is 10.6 Å². The molecule has 0 amide bonds. The van der Waals surface area contributed by atoms with Gasteiger partial charge in [-0.3, -0.25) is 0 Å². The highest BCUT2D eigenvalue weighted by molar-refractivity contribution is 5.60. The molecular formula is C18H29N3O2. The zero-order valence-electron chi connectivity index (χ0n) is 14.2. The average Bonchev–Trinajstić information content (AvgIpc) is 2.57. The zero-order valence-corrected chi connectivity index (χ0v) is 14.2. The van der Waals surface area contributed by atoms with E-state index in [1.165, 1.54) is 17.7 Å². The third-order valence-corrected chi connectivity index (χ3v) is 4.76. The van der Waals surface area contributed by atoms with Crippen molar-refractivity contribution in [2.75, 3.05) is 57.1 Å². The van der Waals surface area contributed by atoms with Crippen molar-refractivity contribution >= 4 is 11.4 Å². The van der Waals surface area contributed by atoms with Gasteiger partial charge in [0.1, 0.15) is 0 Å². The van der Waals surface area contributed by atoms with E-state index in [0.717, 1.165) is 57.7 Å². The number of hydrogen-bond acceptors (Lipinski definition) is 5. The van der Waals surface area contributed by atoms with Gasteiger partial charge in [0.15, 0.2) is 6.29 Å². The molecule has 2 fully saturated rings. The SMILES string of the molecule is CN1CCN(c2ccc(N)cc2CCOC2CCCCO2)CC1. The number of hydrogen-bond donors (Lipinski definition) is 1. The number of nitrogens with zero attached hydrogens (tertiary/aromatic N) is 2. The molecule has 2 aliphatic heterocycles. The molecule has 128 valence electrons. The van der Waals surface area contributed by atoms with E-state index in [0.29, 0.717) is 6.61 Å². The minimum atomic E-state index is -0.0168. The first-order valence-electron chi connectivity index (χ1n) is 8.77. The van der Waals surface area contributed by atoms with E-state index < -0.39 is 0 Å². The fraction of sp³-hybridized carbons (Fsp3) is 0.667. The van der Waals surface area contributed by atoms with Gasteiger partial charge in [-0.05, 0) is 56.5 Å². The average molecular weight is 319 g/mol. The van der Waals surface area contributed by atoms with Crippen LogP contribution in [0.5, 0.6) is 0 Å². The first kappa shape index (κ1) is 16.6. The monoisotopic (exact) mass is 319 g/mol. The molecule has 1 atom stereocenters. The van der Waals surface area contributed by atoms with Crippen molar-refractivity contribution in [1.82, 2.24) is 4.90 Å². The van der Waals surface area contributed by atoms with E-state index in [1.54, 1.807) is 0 Å². The van der Waals surface area contributed by atoms with Crippen molar-refractivity contribution in [3.63, 3.8) is 0 Å². The third kappa shape index (κ3) is 4.59. The Kier molecular flexibility index (Phi) is 5.75. The number of likely N-dealkylation sites (N-methyl/N-ethyl adjacent to an activating group) is 1. The maximum Gasteiger partial charge on any atom is 0.157 e. The molecule has 5 nitrogen and oxygen atoms in total. The number of ether oxygens (including phenoxy) is 2. The number of benzene rings is 1. The minimum Gasteiger partial charge on any atom is -0.399 e. The van der Waals surface area contributed by atoms with Gasteiger partial charge in [0.2, 0.25) is 0 Å². The summed E-state index contributed by atoms with van der Waals surface area (Å²) in [5, 5.41) is 0. The lowest BCUT2D eigenvalue weighted by molar-refractivity contribution is -0.161. The lowest BCUT2D eigenvalue weighted by atomic mass is 10.1. The van der Waals surface area contributed by atoms with Gasteiger partial charge >= 0.3 is 0 Å². The summed E-state index contributed by atoms with van der Waals surface area (Å²) in [6, 6.07) is 6.26. The van der Waals surface area contributed by atoms with Crippen LogP contribution in [0.1, 0.15) is 24.8 Å². The van der Waals surface area contributed by atoms with Crippen LogP contribution in [0, 0.1) is 0 Å². The maximum absolute atomic E-state index is 6.00. The second-order valence-corrected chi connectivity index (χ2v) is 6.60. The first-order valence-corrected chi connectivity index (χ1v) is 8.77. The fourth-order valence-corrected chi connectivity index (χ4v) is 3.30. The molecule has 0 saturated carbocycles. The highest BCUT2D eigenvalue weighted by Crippen LogP contribution is 2.25. The summed E-state index contributed by atoms with van der Waals surface area (Å²) in [5.74, 6) is 0. The second-order valence-electron chi connectivity index (χ2n) is 6.60. The Morgan fingerprint density at radius 3 is 2.78 bits per heavy atom. The Morgan fingerprint density at radius 2 is 2.04 bits per heavy atom. The summed E-state index contributed by atoms with van der Waals surface area (Å²) in [7, 11) is 2.18. The summed E-state index contributed by atoms with van der Waals surface area (Å²) >= 11 is 0. The molecular weight excluding hydrogens is 290 g/mol. The summed E-state index contributed by atoms with van der Waals surface area (Å²) < 4.78 is 11.5. The van der Waals surface area contributed by atoms with Gasteiger partial charge in [-0.2, -0.15) is 0 Å². The molecule has 1 unspecified atom stereocenters. The van der Waals surface area contributed by atoms with E-state index in [2.05, 4.69) is 29.0 Å². The molecule has 2 saturated heterocycles. The fourth-order valence-electron chi connectivity index (χ4n) is 3.30. The van der Waals surface area contributed by atoms with E-state index >= 15 is 0 Å². The number of piperazine rings is 1. The number of rotatable bonds is 5. The molecule has 2 N–H and O–H groups in total. The van der Waals surface area contributed by atoms with E-state index in [1.807, 2.05) is 6.07 Å². The molecule has 1 aromatic carbocycles. The second kappa shape index (κ2) is 7.99. The maximum atomic E-state index is 6.00. The van der Waals surface area contributed by atoms with Crippen molar-refractivity contribution in [3.8, 4) is 0 Å².